The quantitative estimate of drug-likeness (QED) is 0.560. The number of ether oxygens (including phenoxy) is 2. The highest BCUT2D eigenvalue weighted by atomic mass is 32.2. The molecule has 2 aromatic rings. The third-order valence-corrected chi connectivity index (χ3v) is 5.16. The van der Waals surface area contributed by atoms with Crippen LogP contribution in [0, 0.1) is 6.92 Å². The lowest BCUT2D eigenvalue weighted by atomic mass is 10.2. The number of aryl methyl sites for hydroxylation is 1. The summed E-state index contributed by atoms with van der Waals surface area (Å²) in [7, 11) is -3.69. The molecule has 0 radical (unpaired) electrons. The van der Waals surface area contributed by atoms with Gasteiger partial charge in [0, 0.05) is 25.4 Å². The highest BCUT2D eigenvalue weighted by Crippen LogP contribution is 2.19. The van der Waals surface area contributed by atoms with E-state index in [4.69, 9.17) is 9.47 Å². The maximum absolute atomic E-state index is 12.5. The summed E-state index contributed by atoms with van der Waals surface area (Å²) in [6, 6.07) is 13.0. The van der Waals surface area contributed by atoms with E-state index in [1.54, 1.807) is 18.2 Å². The van der Waals surface area contributed by atoms with Crippen molar-refractivity contribution in [1.29, 1.82) is 0 Å². The summed E-state index contributed by atoms with van der Waals surface area (Å²) in [4.78, 5) is 11.8. The van der Waals surface area contributed by atoms with Crippen LogP contribution in [-0.2, 0) is 19.6 Å². The topological polar surface area (TPSA) is 93.7 Å². The van der Waals surface area contributed by atoms with E-state index < -0.39 is 10.0 Å². The standard InChI is InChI=1S/C20H26N2O5S/c1-3-26-13-5-12-21-20(23)15-27-18-8-10-19(11-9-18)28(24,25)22-17-7-4-6-16(2)14-17/h4,6-11,14,22H,3,5,12-13,15H2,1-2H3,(H,21,23). The fraction of sp³-hybridized carbons (Fsp3) is 0.350. The highest BCUT2D eigenvalue weighted by molar-refractivity contribution is 7.92. The Bertz CT molecular complexity index is 866. The molecule has 8 heteroatoms. The average molecular weight is 407 g/mol. The van der Waals surface area contributed by atoms with E-state index in [1.807, 2.05) is 19.9 Å². The molecule has 0 bridgehead atoms. The maximum Gasteiger partial charge on any atom is 0.261 e. The van der Waals surface area contributed by atoms with Gasteiger partial charge in [0.2, 0.25) is 0 Å². The molecule has 0 atom stereocenters. The van der Waals surface area contributed by atoms with E-state index in [-0.39, 0.29) is 17.4 Å². The van der Waals surface area contributed by atoms with Crippen molar-refractivity contribution >= 4 is 21.6 Å². The molecule has 7 nitrogen and oxygen atoms in total. The van der Waals surface area contributed by atoms with E-state index in [2.05, 4.69) is 10.0 Å². The SMILES string of the molecule is CCOCCCNC(=O)COc1ccc(S(=O)(=O)Nc2cccc(C)c2)cc1. The summed E-state index contributed by atoms with van der Waals surface area (Å²) in [5, 5.41) is 2.73. The zero-order chi connectivity index (χ0) is 20.4. The molecule has 0 aromatic heterocycles. The Morgan fingerprint density at radius 3 is 2.54 bits per heavy atom. The van der Waals surface area contributed by atoms with Crippen molar-refractivity contribution in [2.45, 2.75) is 25.2 Å². The average Bonchev–Trinajstić information content (AvgIpc) is 2.66. The normalized spacial score (nSPS) is 11.1. The molecule has 0 aliphatic rings. The van der Waals surface area contributed by atoms with Crippen molar-refractivity contribution in [2.24, 2.45) is 0 Å². The third kappa shape index (κ3) is 7.21. The summed E-state index contributed by atoms with van der Waals surface area (Å²) >= 11 is 0. The lowest BCUT2D eigenvalue weighted by Gasteiger charge is -2.10. The predicted molar refractivity (Wildman–Crippen MR) is 108 cm³/mol. The lowest BCUT2D eigenvalue weighted by Crippen LogP contribution is -2.30. The minimum Gasteiger partial charge on any atom is -0.484 e. The molecule has 152 valence electrons. The minimum absolute atomic E-state index is 0.113. The van der Waals surface area contributed by atoms with E-state index in [0.29, 0.717) is 31.2 Å². The third-order valence-electron chi connectivity index (χ3n) is 3.77. The molecule has 28 heavy (non-hydrogen) atoms. The van der Waals surface area contributed by atoms with Gasteiger partial charge in [-0.1, -0.05) is 12.1 Å². The summed E-state index contributed by atoms with van der Waals surface area (Å²) in [5.41, 5.74) is 1.46. The smallest absolute Gasteiger partial charge is 0.261 e. The zero-order valence-electron chi connectivity index (χ0n) is 16.1. The largest absolute Gasteiger partial charge is 0.484 e. The summed E-state index contributed by atoms with van der Waals surface area (Å²) in [6.07, 6.45) is 0.736. The Hall–Kier alpha value is -2.58. The fourth-order valence-corrected chi connectivity index (χ4v) is 3.43. The van der Waals surface area contributed by atoms with Crippen molar-refractivity contribution in [3.05, 3.63) is 54.1 Å². The van der Waals surface area contributed by atoms with Crippen LogP contribution in [-0.4, -0.2) is 40.7 Å². The van der Waals surface area contributed by atoms with Gasteiger partial charge in [0.1, 0.15) is 5.75 Å². The van der Waals surface area contributed by atoms with Gasteiger partial charge in [0.15, 0.2) is 6.61 Å². The van der Waals surface area contributed by atoms with Gasteiger partial charge in [-0.2, -0.15) is 0 Å². The first-order valence-corrected chi connectivity index (χ1v) is 10.6. The molecule has 2 aromatic carbocycles. The molecular formula is C20H26N2O5S. The Morgan fingerprint density at radius 1 is 1.11 bits per heavy atom. The van der Waals surface area contributed by atoms with Crippen LogP contribution in [0.15, 0.2) is 53.4 Å². The van der Waals surface area contributed by atoms with Crippen LogP contribution in [0.3, 0.4) is 0 Å². The van der Waals surface area contributed by atoms with Gasteiger partial charge in [-0.25, -0.2) is 8.42 Å². The Labute approximate surface area is 166 Å². The minimum atomic E-state index is -3.69. The zero-order valence-corrected chi connectivity index (χ0v) is 16.9. The van der Waals surface area contributed by atoms with E-state index in [1.165, 1.54) is 24.3 Å². The van der Waals surface area contributed by atoms with Crippen molar-refractivity contribution in [3.63, 3.8) is 0 Å². The molecule has 2 N–H and O–H groups in total. The summed E-state index contributed by atoms with van der Waals surface area (Å²) in [6.45, 7) is 5.44. The van der Waals surface area contributed by atoms with Crippen LogP contribution in [0.1, 0.15) is 18.9 Å². The molecular weight excluding hydrogens is 380 g/mol. The number of amides is 1. The van der Waals surface area contributed by atoms with E-state index in [9.17, 15) is 13.2 Å². The molecule has 0 aliphatic heterocycles. The number of benzene rings is 2. The van der Waals surface area contributed by atoms with Gasteiger partial charge in [0.25, 0.3) is 15.9 Å². The molecule has 0 unspecified atom stereocenters. The number of hydrogen-bond acceptors (Lipinski definition) is 5. The monoisotopic (exact) mass is 406 g/mol. The van der Waals surface area contributed by atoms with Crippen LogP contribution in [0.25, 0.3) is 0 Å². The Morgan fingerprint density at radius 2 is 1.86 bits per heavy atom. The number of hydrogen-bond donors (Lipinski definition) is 2. The summed E-state index contributed by atoms with van der Waals surface area (Å²) in [5.74, 6) is 0.174. The second-order valence-electron chi connectivity index (χ2n) is 6.14. The number of rotatable bonds is 11. The van der Waals surface area contributed by atoms with Crippen LogP contribution < -0.4 is 14.8 Å². The Kier molecular flexibility index (Phi) is 8.28. The van der Waals surface area contributed by atoms with Crippen LogP contribution in [0.5, 0.6) is 5.75 Å². The van der Waals surface area contributed by atoms with Gasteiger partial charge in [0.05, 0.1) is 4.90 Å². The van der Waals surface area contributed by atoms with E-state index >= 15 is 0 Å². The first kappa shape index (κ1) is 21.7. The maximum atomic E-state index is 12.5. The second kappa shape index (κ2) is 10.7. The second-order valence-corrected chi connectivity index (χ2v) is 7.82. The number of nitrogens with one attached hydrogen (secondary N) is 2. The highest BCUT2D eigenvalue weighted by Gasteiger charge is 2.14. The summed E-state index contributed by atoms with van der Waals surface area (Å²) < 4.78 is 38.0. The van der Waals surface area contributed by atoms with Gasteiger partial charge < -0.3 is 14.8 Å². The number of carbonyl (C=O) groups excluding carboxylic acids is 1. The molecule has 1 amide bonds. The number of anilines is 1. The van der Waals surface area contributed by atoms with Gasteiger partial charge >= 0.3 is 0 Å². The Balaban J connectivity index is 1.84. The van der Waals surface area contributed by atoms with Gasteiger partial charge in [-0.15, -0.1) is 0 Å². The molecule has 0 fully saturated rings. The van der Waals surface area contributed by atoms with Gasteiger partial charge in [-0.05, 0) is 62.2 Å². The molecule has 0 aliphatic carbocycles. The molecule has 0 saturated heterocycles. The number of sulfonamides is 1. The first-order valence-electron chi connectivity index (χ1n) is 9.07. The fourth-order valence-electron chi connectivity index (χ4n) is 2.38. The van der Waals surface area contributed by atoms with Gasteiger partial charge in [-0.3, -0.25) is 9.52 Å². The van der Waals surface area contributed by atoms with Crippen molar-refractivity contribution in [1.82, 2.24) is 5.32 Å². The molecule has 0 saturated carbocycles. The number of carbonyl (C=O) groups is 1. The predicted octanol–water partition coefficient (Wildman–Crippen LogP) is 2.72. The van der Waals surface area contributed by atoms with Crippen LogP contribution in [0.4, 0.5) is 5.69 Å². The van der Waals surface area contributed by atoms with E-state index in [0.717, 1.165) is 12.0 Å². The van der Waals surface area contributed by atoms with Crippen LogP contribution >= 0.6 is 0 Å². The molecule has 0 heterocycles. The molecule has 2 rings (SSSR count). The van der Waals surface area contributed by atoms with Crippen LogP contribution in [0.2, 0.25) is 0 Å². The lowest BCUT2D eigenvalue weighted by molar-refractivity contribution is -0.123. The first-order chi connectivity index (χ1) is 13.4. The van der Waals surface area contributed by atoms with Crippen molar-refractivity contribution in [2.75, 3.05) is 31.1 Å². The molecule has 0 spiro atoms. The van der Waals surface area contributed by atoms with Crippen molar-refractivity contribution < 1.29 is 22.7 Å². The van der Waals surface area contributed by atoms with Crippen molar-refractivity contribution in [3.8, 4) is 5.75 Å².